The summed E-state index contributed by atoms with van der Waals surface area (Å²) in [5.74, 6) is -0.920. The Morgan fingerprint density at radius 1 is 0.323 bits per heavy atom. The molecule has 0 aliphatic carbocycles. The van der Waals surface area contributed by atoms with Crippen molar-refractivity contribution in [1.82, 2.24) is 0 Å². The Morgan fingerprint density at radius 2 is 0.615 bits per heavy atom. The van der Waals surface area contributed by atoms with Crippen molar-refractivity contribution in [2.24, 2.45) is 0 Å². The van der Waals surface area contributed by atoms with Crippen LogP contribution in [0.2, 0.25) is 0 Å². The minimum Gasteiger partial charge on any atom is -0.462 e. The smallest absolute Gasteiger partial charge is 0.306 e. The number of esters is 3. The third-order valence-electron chi connectivity index (χ3n) is 11.4. The van der Waals surface area contributed by atoms with Crippen LogP contribution in [0.15, 0.2) is 85.1 Å². The van der Waals surface area contributed by atoms with Crippen LogP contribution in [0.4, 0.5) is 0 Å². The Hall–Kier alpha value is -3.41. The van der Waals surface area contributed by atoms with Gasteiger partial charge in [0.05, 0.1) is 0 Å². The molecule has 0 aromatic rings. The zero-order chi connectivity index (χ0) is 47.2. The van der Waals surface area contributed by atoms with E-state index in [1.165, 1.54) is 89.9 Å². The van der Waals surface area contributed by atoms with Crippen LogP contribution in [-0.4, -0.2) is 37.2 Å². The number of allylic oxidation sites excluding steroid dienone is 14. The Kier molecular flexibility index (Phi) is 50.4. The average Bonchev–Trinajstić information content (AvgIpc) is 3.30. The highest BCUT2D eigenvalue weighted by atomic mass is 16.6. The first-order valence-corrected chi connectivity index (χ1v) is 27.1. The first-order chi connectivity index (χ1) is 32.0. The normalized spacial score (nSPS) is 12.7. The third-order valence-corrected chi connectivity index (χ3v) is 11.4. The SMILES string of the molecule is CC/C=C\C/C=C\C/C=C\C/C=C\CCCCCCCCCCC(=O)OCC(COC(=O)CCCCCCC/C=C\CCCC)OC(=O)CCCCCCC/C=C\C/C=C\CCCCC. The summed E-state index contributed by atoms with van der Waals surface area (Å²) in [5, 5.41) is 0. The second-order valence-corrected chi connectivity index (χ2v) is 17.7. The quantitative estimate of drug-likeness (QED) is 0.0262. The molecule has 0 saturated carbocycles. The molecule has 65 heavy (non-hydrogen) atoms. The number of rotatable bonds is 48. The summed E-state index contributed by atoms with van der Waals surface area (Å²) in [6, 6.07) is 0. The Bertz CT molecular complexity index is 1270. The summed E-state index contributed by atoms with van der Waals surface area (Å²) in [6.07, 6.45) is 68.5. The lowest BCUT2D eigenvalue weighted by Crippen LogP contribution is -2.30. The van der Waals surface area contributed by atoms with Gasteiger partial charge in [-0.15, -0.1) is 0 Å². The minimum absolute atomic E-state index is 0.0895. The fraction of sp³-hybridized carbons (Fsp3) is 0.712. The van der Waals surface area contributed by atoms with Gasteiger partial charge in [-0.25, -0.2) is 0 Å². The summed E-state index contributed by atoms with van der Waals surface area (Å²) in [6.45, 7) is 6.44. The van der Waals surface area contributed by atoms with Gasteiger partial charge in [0, 0.05) is 19.3 Å². The summed E-state index contributed by atoms with van der Waals surface area (Å²) in [7, 11) is 0. The fourth-order valence-electron chi connectivity index (χ4n) is 7.27. The van der Waals surface area contributed by atoms with E-state index in [1.54, 1.807) is 0 Å². The lowest BCUT2D eigenvalue weighted by atomic mass is 10.1. The molecule has 6 heteroatoms. The lowest BCUT2D eigenvalue weighted by Gasteiger charge is -2.18. The van der Waals surface area contributed by atoms with Crippen LogP contribution >= 0.6 is 0 Å². The molecule has 1 atom stereocenters. The Balaban J connectivity index is 4.37. The van der Waals surface area contributed by atoms with Crippen LogP contribution in [-0.2, 0) is 28.6 Å². The van der Waals surface area contributed by atoms with Crippen molar-refractivity contribution in [1.29, 1.82) is 0 Å². The molecular formula is C59H100O6. The van der Waals surface area contributed by atoms with Crippen molar-refractivity contribution in [2.45, 2.75) is 258 Å². The highest BCUT2D eigenvalue weighted by Crippen LogP contribution is 2.14. The number of carbonyl (C=O) groups is 3. The molecule has 0 radical (unpaired) electrons. The zero-order valence-corrected chi connectivity index (χ0v) is 42.5. The van der Waals surface area contributed by atoms with Gasteiger partial charge in [0.15, 0.2) is 6.10 Å². The maximum Gasteiger partial charge on any atom is 0.306 e. The van der Waals surface area contributed by atoms with Gasteiger partial charge in [-0.3, -0.25) is 14.4 Å². The van der Waals surface area contributed by atoms with E-state index in [-0.39, 0.29) is 31.1 Å². The molecule has 0 fully saturated rings. The van der Waals surface area contributed by atoms with Crippen LogP contribution in [0.1, 0.15) is 252 Å². The second kappa shape index (κ2) is 53.2. The third kappa shape index (κ3) is 51.4. The molecule has 0 aromatic carbocycles. The molecule has 0 saturated heterocycles. The molecule has 0 bridgehead atoms. The van der Waals surface area contributed by atoms with Crippen molar-refractivity contribution < 1.29 is 28.6 Å². The molecule has 1 unspecified atom stereocenters. The summed E-state index contributed by atoms with van der Waals surface area (Å²) in [5.41, 5.74) is 0. The van der Waals surface area contributed by atoms with Gasteiger partial charge in [0.25, 0.3) is 0 Å². The van der Waals surface area contributed by atoms with Gasteiger partial charge < -0.3 is 14.2 Å². The van der Waals surface area contributed by atoms with E-state index in [4.69, 9.17) is 14.2 Å². The predicted molar refractivity (Wildman–Crippen MR) is 279 cm³/mol. The first kappa shape index (κ1) is 61.6. The molecule has 0 amide bonds. The van der Waals surface area contributed by atoms with Crippen molar-refractivity contribution in [3.05, 3.63) is 85.1 Å². The predicted octanol–water partition coefficient (Wildman–Crippen LogP) is 18.0. The van der Waals surface area contributed by atoms with Crippen molar-refractivity contribution >= 4 is 17.9 Å². The Morgan fingerprint density at radius 3 is 1.00 bits per heavy atom. The molecule has 0 N–H and O–H groups in total. The van der Waals surface area contributed by atoms with Crippen LogP contribution in [0.5, 0.6) is 0 Å². The second-order valence-electron chi connectivity index (χ2n) is 17.7. The minimum atomic E-state index is -0.790. The summed E-state index contributed by atoms with van der Waals surface area (Å²) < 4.78 is 16.8. The van der Waals surface area contributed by atoms with E-state index in [9.17, 15) is 14.4 Å². The largest absolute Gasteiger partial charge is 0.462 e. The molecule has 6 nitrogen and oxygen atoms in total. The Labute approximate surface area is 401 Å². The molecule has 0 aliphatic rings. The van der Waals surface area contributed by atoms with Gasteiger partial charge >= 0.3 is 17.9 Å². The number of hydrogen-bond donors (Lipinski definition) is 0. The van der Waals surface area contributed by atoms with E-state index < -0.39 is 6.10 Å². The molecule has 0 aromatic heterocycles. The van der Waals surface area contributed by atoms with E-state index >= 15 is 0 Å². The van der Waals surface area contributed by atoms with Gasteiger partial charge in [-0.2, -0.15) is 0 Å². The number of unbranched alkanes of at least 4 members (excludes halogenated alkanes) is 23. The number of ether oxygens (including phenoxy) is 3. The topological polar surface area (TPSA) is 78.9 Å². The van der Waals surface area contributed by atoms with Crippen LogP contribution in [0.25, 0.3) is 0 Å². The van der Waals surface area contributed by atoms with E-state index in [1.807, 2.05) is 0 Å². The van der Waals surface area contributed by atoms with Crippen LogP contribution < -0.4 is 0 Å². The fourth-order valence-corrected chi connectivity index (χ4v) is 7.27. The highest BCUT2D eigenvalue weighted by Gasteiger charge is 2.19. The number of hydrogen-bond acceptors (Lipinski definition) is 6. The zero-order valence-electron chi connectivity index (χ0n) is 42.5. The summed E-state index contributed by atoms with van der Waals surface area (Å²) in [4.78, 5) is 38.0. The molecule has 0 spiro atoms. The maximum atomic E-state index is 12.8. The van der Waals surface area contributed by atoms with Crippen molar-refractivity contribution in [3.63, 3.8) is 0 Å². The van der Waals surface area contributed by atoms with Gasteiger partial charge in [0.2, 0.25) is 0 Å². The lowest BCUT2D eigenvalue weighted by molar-refractivity contribution is -0.167. The molecular weight excluding hydrogens is 805 g/mol. The molecule has 0 rings (SSSR count). The molecule has 372 valence electrons. The maximum absolute atomic E-state index is 12.8. The van der Waals surface area contributed by atoms with Crippen LogP contribution in [0, 0.1) is 0 Å². The standard InChI is InChI=1S/C59H100O6/c1-4-7-10-13-16-19-22-24-26-27-28-29-30-31-33-34-37-40-43-46-49-52-58(61)64-55-56(54-63-57(60)51-48-45-42-39-36-21-18-15-12-9-6-3)65-59(62)53-50-47-44-41-38-35-32-25-23-20-17-14-11-8-5-2/h7,10,15-20,24-26,28-29,32,56H,4-6,8-9,11-14,21-23,27,30-31,33-55H2,1-3H3/b10-7-,18-15-,19-16-,20-17-,26-24-,29-28-,32-25-. The first-order valence-electron chi connectivity index (χ1n) is 27.1. The van der Waals surface area contributed by atoms with Gasteiger partial charge in [-0.05, 0) is 109 Å². The molecule has 0 heterocycles. The van der Waals surface area contributed by atoms with Crippen molar-refractivity contribution in [3.8, 4) is 0 Å². The van der Waals surface area contributed by atoms with Crippen LogP contribution in [0.3, 0.4) is 0 Å². The number of carbonyl (C=O) groups excluding carboxylic acids is 3. The average molecular weight is 905 g/mol. The van der Waals surface area contributed by atoms with Crippen molar-refractivity contribution in [2.75, 3.05) is 13.2 Å². The highest BCUT2D eigenvalue weighted by molar-refractivity contribution is 5.71. The van der Waals surface area contributed by atoms with E-state index in [0.717, 1.165) is 122 Å². The van der Waals surface area contributed by atoms with Gasteiger partial charge in [0.1, 0.15) is 13.2 Å². The summed E-state index contributed by atoms with van der Waals surface area (Å²) >= 11 is 0. The van der Waals surface area contributed by atoms with E-state index in [2.05, 4.69) is 106 Å². The monoisotopic (exact) mass is 905 g/mol. The molecule has 0 aliphatic heterocycles. The van der Waals surface area contributed by atoms with E-state index in [0.29, 0.717) is 19.3 Å². The van der Waals surface area contributed by atoms with Gasteiger partial charge in [-0.1, -0.05) is 209 Å².